The highest BCUT2D eigenvalue weighted by Crippen LogP contribution is 2.47. The fourth-order valence-corrected chi connectivity index (χ4v) is 6.49. The van der Waals surface area contributed by atoms with Crippen LogP contribution in [0.1, 0.15) is 30.7 Å². The van der Waals surface area contributed by atoms with Gasteiger partial charge in [-0.3, -0.25) is 14.5 Å². The quantitative estimate of drug-likeness (QED) is 0.367. The van der Waals surface area contributed by atoms with Crippen LogP contribution in [0.15, 0.2) is 75.5 Å². The molecule has 1 unspecified atom stereocenters. The summed E-state index contributed by atoms with van der Waals surface area (Å²) in [5, 5.41) is 22.0. The first-order valence-corrected chi connectivity index (χ1v) is 14.2. The molecule has 1 aliphatic carbocycles. The minimum atomic E-state index is -0.572. The van der Waals surface area contributed by atoms with Gasteiger partial charge in [0, 0.05) is 29.4 Å². The molecule has 0 saturated heterocycles. The van der Waals surface area contributed by atoms with Crippen molar-refractivity contribution in [3.63, 3.8) is 0 Å². The summed E-state index contributed by atoms with van der Waals surface area (Å²) >= 11 is 2.49. The molecule has 1 atom stereocenters. The van der Waals surface area contributed by atoms with E-state index in [1.54, 1.807) is 55.5 Å². The number of thioether (sulfide) groups is 1. The number of nitrogens with zero attached hydrogens (tertiary/aromatic N) is 4. The Morgan fingerprint density at radius 3 is 2.67 bits per heavy atom. The third-order valence-corrected chi connectivity index (χ3v) is 8.67. The van der Waals surface area contributed by atoms with Gasteiger partial charge in [-0.2, -0.15) is 5.26 Å². The summed E-state index contributed by atoms with van der Waals surface area (Å²) in [7, 11) is 3.15. The first kappa shape index (κ1) is 27.2. The SMILES string of the molecule is COc1ccc(C2C(C#N)=C(N)N(c3nnc(SCC(=O)Nc4cccc(OC)c4)s3)C3=C2C(=O)CCC3)cc1. The molecule has 12 heteroatoms. The molecule has 0 bridgehead atoms. The maximum absolute atomic E-state index is 13.3. The fraction of sp³-hybridized carbons (Fsp3) is 0.250. The van der Waals surface area contributed by atoms with E-state index in [-0.39, 0.29) is 28.8 Å². The zero-order valence-corrected chi connectivity index (χ0v) is 23.5. The van der Waals surface area contributed by atoms with Crippen LogP contribution >= 0.6 is 23.1 Å². The van der Waals surface area contributed by atoms with Crippen molar-refractivity contribution in [3.8, 4) is 17.6 Å². The Labute approximate surface area is 239 Å². The van der Waals surface area contributed by atoms with Crippen molar-refractivity contribution in [1.29, 1.82) is 5.26 Å². The number of carbonyl (C=O) groups is 2. The van der Waals surface area contributed by atoms with Gasteiger partial charge in [0.1, 0.15) is 17.3 Å². The monoisotopic (exact) mass is 574 g/mol. The first-order valence-electron chi connectivity index (χ1n) is 12.4. The molecule has 204 valence electrons. The zero-order chi connectivity index (χ0) is 28.2. The Balaban J connectivity index is 1.40. The van der Waals surface area contributed by atoms with Gasteiger partial charge in [-0.05, 0) is 42.7 Å². The zero-order valence-electron chi connectivity index (χ0n) is 21.8. The van der Waals surface area contributed by atoms with E-state index >= 15 is 0 Å². The molecular weight excluding hydrogens is 548 g/mol. The summed E-state index contributed by atoms with van der Waals surface area (Å²) in [6, 6.07) is 16.7. The molecule has 2 aromatic carbocycles. The largest absolute Gasteiger partial charge is 0.497 e. The second-order valence-electron chi connectivity index (χ2n) is 9.01. The van der Waals surface area contributed by atoms with Crippen LogP contribution in [0.2, 0.25) is 0 Å². The highest BCUT2D eigenvalue weighted by atomic mass is 32.2. The van der Waals surface area contributed by atoms with E-state index in [1.807, 2.05) is 12.1 Å². The van der Waals surface area contributed by atoms with E-state index in [9.17, 15) is 14.9 Å². The van der Waals surface area contributed by atoms with Gasteiger partial charge < -0.3 is 20.5 Å². The summed E-state index contributed by atoms with van der Waals surface area (Å²) in [6.45, 7) is 0. The molecule has 1 amide bonds. The fourth-order valence-electron chi connectivity index (χ4n) is 4.81. The number of benzene rings is 2. The Morgan fingerprint density at radius 2 is 1.95 bits per heavy atom. The van der Waals surface area contributed by atoms with Crippen molar-refractivity contribution in [2.45, 2.75) is 29.5 Å². The Hall–Kier alpha value is -4.34. The first-order chi connectivity index (χ1) is 19.4. The Bertz CT molecular complexity index is 1560. The minimum absolute atomic E-state index is 0.0133. The van der Waals surface area contributed by atoms with Crippen LogP contribution in [0.3, 0.4) is 0 Å². The second kappa shape index (κ2) is 11.8. The Kier molecular flexibility index (Phi) is 8.04. The van der Waals surface area contributed by atoms with Crippen molar-refractivity contribution in [2.24, 2.45) is 5.73 Å². The van der Waals surface area contributed by atoms with Gasteiger partial charge in [0.15, 0.2) is 10.1 Å². The number of Topliss-reactive ketones (excluding diaryl/α,β-unsaturated/α-hetero) is 1. The molecule has 3 N–H and O–H groups in total. The average Bonchev–Trinajstić information content (AvgIpc) is 3.44. The van der Waals surface area contributed by atoms with E-state index in [0.717, 1.165) is 11.3 Å². The number of aromatic nitrogens is 2. The predicted molar refractivity (Wildman–Crippen MR) is 153 cm³/mol. The third kappa shape index (κ3) is 5.38. The number of ketones is 1. The number of methoxy groups -OCH3 is 2. The molecule has 0 radical (unpaired) electrons. The van der Waals surface area contributed by atoms with Gasteiger partial charge in [0.2, 0.25) is 11.0 Å². The van der Waals surface area contributed by atoms with Gasteiger partial charge in [0.25, 0.3) is 0 Å². The van der Waals surface area contributed by atoms with E-state index in [0.29, 0.717) is 51.5 Å². The van der Waals surface area contributed by atoms with Crippen LogP contribution < -0.4 is 25.4 Å². The highest BCUT2D eigenvalue weighted by molar-refractivity contribution is 8.01. The van der Waals surface area contributed by atoms with E-state index in [2.05, 4.69) is 21.6 Å². The molecule has 2 heterocycles. The lowest BCUT2D eigenvalue weighted by molar-refractivity contribution is -0.116. The van der Waals surface area contributed by atoms with Crippen LogP contribution in [-0.2, 0) is 9.59 Å². The van der Waals surface area contributed by atoms with Crippen LogP contribution in [0, 0.1) is 11.3 Å². The van der Waals surface area contributed by atoms with Gasteiger partial charge in [-0.15, -0.1) is 10.2 Å². The summed E-state index contributed by atoms with van der Waals surface area (Å²) in [6.07, 6.45) is 1.68. The molecule has 0 saturated carbocycles. The average molecular weight is 575 g/mol. The molecule has 1 aliphatic heterocycles. The van der Waals surface area contributed by atoms with Crippen LogP contribution in [-0.4, -0.2) is 41.9 Å². The van der Waals surface area contributed by atoms with Crippen molar-refractivity contribution in [1.82, 2.24) is 10.2 Å². The number of ether oxygens (including phenoxy) is 2. The standard InChI is InChI=1S/C28H26N6O4S2/c1-37-18-11-9-16(10-12-18)24-20(14-29)26(30)34(21-7-4-8-22(35)25(21)24)27-32-33-28(40-27)39-15-23(36)31-17-5-3-6-19(13-17)38-2/h3,5-6,9-13,24H,4,7-8,15,30H2,1-2H3,(H,31,36). The van der Waals surface area contributed by atoms with Crippen molar-refractivity contribution in [3.05, 3.63) is 76.8 Å². The number of nitriles is 1. The molecule has 5 rings (SSSR count). The molecule has 2 aliphatic rings. The maximum atomic E-state index is 13.3. The van der Waals surface area contributed by atoms with Gasteiger partial charge >= 0.3 is 0 Å². The smallest absolute Gasteiger partial charge is 0.234 e. The maximum Gasteiger partial charge on any atom is 0.234 e. The highest BCUT2D eigenvalue weighted by Gasteiger charge is 2.41. The minimum Gasteiger partial charge on any atom is -0.497 e. The number of allylic oxidation sites excluding steroid dienone is 3. The van der Waals surface area contributed by atoms with Gasteiger partial charge in [0.05, 0.1) is 37.5 Å². The number of hydrogen-bond donors (Lipinski definition) is 2. The molecular formula is C28H26N6O4S2. The number of nitrogens with two attached hydrogens (primary N) is 1. The summed E-state index contributed by atoms with van der Waals surface area (Å²) in [5.74, 6) is 0.874. The van der Waals surface area contributed by atoms with E-state index < -0.39 is 5.92 Å². The number of nitrogens with one attached hydrogen (secondary N) is 1. The molecule has 1 aromatic heterocycles. The summed E-state index contributed by atoms with van der Waals surface area (Å²) < 4.78 is 11.0. The lowest BCUT2D eigenvalue weighted by atomic mass is 9.76. The topological polar surface area (TPSA) is 143 Å². The predicted octanol–water partition coefficient (Wildman–Crippen LogP) is 4.59. The number of anilines is 2. The van der Waals surface area contributed by atoms with Crippen LogP contribution in [0.25, 0.3) is 0 Å². The van der Waals surface area contributed by atoms with Crippen LogP contribution in [0.5, 0.6) is 11.5 Å². The van der Waals surface area contributed by atoms with E-state index in [1.165, 1.54) is 23.1 Å². The number of rotatable bonds is 8. The molecule has 0 spiro atoms. The number of hydrogen-bond acceptors (Lipinski definition) is 11. The number of amides is 1. The molecule has 40 heavy (non-hydrogen) atoms. The molecule has 10 nitrogen and oxygen atoms in total. The van der Waals surface area contributed by atoms with Crippen molar-refractivity contribution in [2.75, 3.05) is 30.2 Å². The van der Waals surface area contributed by atoms with Crippen molar-refractivity contribution >= 4 is 45.6 Å². The molecule has 3 aromatic rings. The number of carbonyl (C=O) groups excluding carboxylic acids is 2. The molecule has 0 fully saturated rings. The lowest BCUT2D eigenvalue weighted by Gasteiger charge is -2.38. The van der Waals surface area contributed by atoms with Crippen LogP contribution in [0.4, 0.5) is 10.8 Å². The van der Waals surface area contributed by atoms with E-state index in [4.69, 9.17) is 15.2 Å². The summed E-state index contributed by atoms with van der Waals surface area (Å²) in [5.41, 5.74) is 9.61. The third-order valence-electron chi connectivity index (χ3n) is 6.63. The Morgan fingerprint density at radius 1 is 1.18 bits per heavy atom. The summed E-state index contributed by atoms with van der Waals surface area (Å²) in [4.78, 5) is 27.5. The van der Waals surface area contributed by atoms with Gasteiger partial charge in [-0.1, -0.05) is 41.3 Å². The van der Waals surface area contributed by atoms with Crippen molar-refractivity contribution < 1.29 is 19.1 Å². The lowest BCUT2D eigenvalue weighted by Crippen LogP contribution is -2.38. The van der Waals surface area contributed by atoms with Gasteiger partial charge in [-0.25, -0.2) is 0 Å². The normalized spacial score (nSPS) is 16.9. The second-order valence-corrected chi connectivity index (χ2v) is 11.2.